The predicted molar refractivity (Wildman–Crippen MR) is 121 cm³/mol. The maximum Gasteiger partial charge on any atom is 0.256 e. The van der Waals surface area contributed by atoms with Crippen LogP contribution in [-0.4, -0.2) is 106 Å². The number of hydrogen-bond acceptors (Lipinski definition) is 10. The van der Waals surface area contributed by atoms with Crippen LogP contribution in [0.2, 0.25) is 0 Å². The average Bonchev–Trinajstić information content (AvgIpc) is 2.81. The lowest BCUT2D eigenvalue weighted by atomic mass is 10.2. The lowest BCUT2D eigenvalue weighted by molar-refractivity contribution is 0.0467. The molecule has 0 saturated carbocycles. The van der Waals surface area contributed by atoms with Crippen LogP contribution in [0.15, 0.2) is 12.1 Å². The molecule has 0 amide bonds. The van der Waals surface area contributed by atoms with Gasteiger partial charge in [0.25, 0.3) is 5.24 Å². The van der Waals surface area contributed by atoms with E-state index in [9.17, 15) is 4.79 Å². The van der Waals surface area contributed by atoms with Gasteiger partial charge in [-0.1, -0.05) is 0 Å². The highest BCUT2D eigenvalue weighted by Crippen LogP contribution is 2.41. The van der Waals surface area contributed by atoms with Crippen LogP contribution in [0.4, 0.5) is 0 Å². The molecule has 10 nitrogen and oxygen atoms in total. The van der Waals surface area contributed by atoms with Crippen molar-refractivity contribution in [3.63, 3.8) is 0 Å². The van der Waals surface area contributed by atoms with Crippen molar-refractivity contribution in [1.82, 2.24) is 0 Å². The van der Waals surface area contributed by atoms with Gasteiger partial charge in [-0.15, -0.1) is 0 Å². The molecule has 33 heavy (non-hydrogen) atoms. The zero-order chi connectivity index (χ0) is 24.2. The van der Waals surface area contributed by atoms with Gasteiger partial charge in [0.15, 0.2) is 11.5 Å². The van der Waals surface area contributed by atoms with Crippen molar-refractivity contribution in [3.8, 4) is 17.2 Å². The Hall–Kier alpha value is -1.66. The van der Waals surface area contributed by atoms with Crippen molar-refractivity contribution < 1.29 is 47.4 Å². The zero-order valence-electron chi connectivity index (χ0n) is 19.6. The molecule has 0 bridgehead atoms. The molecule has 0 aliphatic heterocycles. The van der Waals surface area contributed by atoms with Gasteiger partial charge in [-0.05, 0) is 23.7 Å². The summed E-state index contributed by atoms with van der Waals surface area (Å²) in [6.07, 6.45) is 0. The highest BCUT2D eigenvalue weighted by Gasteiger charge is 2.21. The number of carbonyl (C=O) groups is 1. The first-order valence-electron chi connectivity index (χ1n) is 10.6. The largest absolute Gasteiger partial charge is 0.487 e. The Morgan fingerprint density at radius 1 is 0.606 bits per heavy atom. The first-order valence-corrected chi connectivity index (χ1v) is 11.0. The van der Waals surface area contributed by atoms with Gasteiger partial charge in [-0.2, -0.15) is 0 Å². The molecule has 1 rings (SSSR count). The van der Waals surface area contributed by atoms with Crippen LogP contribution in [-0.2, 0) is 28.4 Å². The minimum absolute atomic E-state index is 0.160. The fourth-order valence-electron chi connectivity index (χ4n) is 2.44. The number of halogens is 1. The second-order valence-corrected chi connectivity index (χ2v) is 6.75. The van der Waals surface area contributed by atoms with Crippen molar-refractivity contribution >= 4 is 16.8 Å². The van der Waals surface area contributed by atoms with Crippen LogP contribution in [0.1, 0.15) is 10.4 Å². The van der Waals surface area contributed by atoms with E-state index < -0.39 is 5.24 Å². The maximum absolute atomic E-state index is 12.0. The third kappa shape index (κ3) is 13.0. The number of hydrogen-bond donors (Lipinski definition) is 0. The molecule has 0 fully saturated rings. The monoisotopic (exact) mass is 494 g/mol. The van der Waals surface area contributed by atoms with Crippen LogP contribution < -0.4 is 14.2 Å². The third-order valence-corrected chi connectivity index (χ3v) is 4.22. The van der Waals surface area contributed by atoms with Crippen LogP contribution in [0.3, 0.4) is 0 Å². The van der Waals surface area contributed by atoms with E-state index in [1.54, 1.807) is 27.4 Å². The average molecular weight is 495 g/mol. The number of rotatable bonds is 22. The van der Waals surface area contributed by atoms with Gasteiger partial charge in [0, 0.05) is 21.3 Å². The van der Waals surface area contributed by atoms with Crippen molar-refractivity contribution in [3.05, 3.63) is 17.7 Å². The Morgan fingerprint density at radius 2 is 1.03 bits per heavy atom. The highest BCUT2D eigenvalue weighted by molar-refractivity contribution is 6.68. The third-order valence-electron chi connectivity index (χ3n) is 4.02. The molecule has 0 spiro atoms. The van der Waals surface area contributed by atoms with Crippen molar-refractivity contribution in [2.75, 3.05) is 101 Å². The molecule has 0 saturated heterocycles. The Labute approximate surface area is 200 Å². The molecule has 0 aliphatic rings. The van der Waals surface area contributed by atoms with Crippen molar-refractivity contribution in [1.29, 1.82) is 0 Å². The Kier molecular flexibility index (Phi) is 17.6. The first-order chi connectivity index (χ1) is 16.2. The smallest absolute Gasteiger partial charge is 0.256 e. The van der Waals surface area contributed by atoms with Gasteiger partial charge in [-0.3, -0.25) is 4.79 Å². The molecule has 0 radical (unpaired) electrons. The quantitative estimate of drug-likeness (QED) is 0.176. The topological polar surface area (TPSA) is 100 Å². The Balaban J connectivity index is 2.86. The summed E-state index contributed by atoms with van der Waals surface area (Å²) in [6.45, 7) is 4.34. The molecule has 0 N–H and O–H groups in total. The molecule has 190 valence electrons. The molecule has 0 heterocycles. The van der Waals surface area contributed by atoms with Gasteiger partial charge in [0.05, 0.1) is 65.0 Å². The molecule has 1 aromatic rings. The number of benzene rings is 1. The van der Waals surface area contributed by atoms with Crippen LogP contribution in [0.25, 0.3) is 0 Å². The van der Waals surface area contributed by atoms with Gasteiger partial charge in [0.1, 0.15) is 19.8 Å². The van der Waals surface area contributed by atoms with Crippen molar-refractivity contribution in [2.45, 2.75) is 0 Å². The van der Waals surface area contributed by atoms with Crippen LogP contribution in [0, 0.1) is 0 Å². The van der Waals surface area contributed by atoms with E-state index in [0.717, 1.165) is 0 Å². The molecule has 11 heteroatoms. The van der Waals surface area contributed by atoms with E-state index in [4.69, 9.17) is 54.2 Å². The van der Waals surface area contributed by atoms with E-state index in [0.29, 0.717) is 58.6 Å². The standard InChI is InChI=1S/C22H35ClO10/c1-25-6-9-28-12-15-31-19-5-4-18(22(23)24)20(32-16-13-29-10-7-26-2)21(19)33-17-14-30-11-8-27-3/h4-5H,6-17H2,1-3H3. The van der Waals surface area contributed by atoms with E-state index >= 15 is 0 Å². The molecular weight excluding hydrogens is 460 g/mol. The Morgan fingerprint density at radius 3 is 1.48 bits per heavy atom. The number of methoxy groups -OCH3 is 3. The summed E-state index contributed by atoms with van der Waals surface area (Å²) in [6, 6.07) is 3.13. The maximum atomic E-state index is 12.0. The molecule has 0 aliphatic carbocycles. The number of ether oxygens (including phenoxy) is 9. The molecule has 0 unspecified atom stereocenters. The second-order valence-electron chi connectivity index (χ2n) is 6.40. The van der Waals surface area contributed by atoms with Crippen molar-refractivity contribution in [2.24, 2.45) is 0 Å². The summed E-state index contributed by atoms with van der Waals surface area (Å²) in [5, 5.41) is -0.680. The first kappa shape index (κ1) is 29.4. The predicted octanol–water partition coefficient (Wildman–Crippen LogP) is 2.19. The van der Waals surface area contributed by atoms with Gasteiger partial charge < -0.3 is 42.6 Å². The summed E-state index contributed by atoms with van der Waals surface area (Å²) in [5.41, 5.74) is 0.160. The lowest BCUT2D eigenvalue weighted by Gasteiger charge is -2.19. The Bertz CT molecular complexity index is 644. The normalized spacial score (nSPS) is 10.9. The summed E-state index contributed by atoms with van der Waals surface area (Å²) < 4.78 is 48.6. The van der Waals surface area contributed by atoms with E-state index in [-0.39, 0.29) is 43.5 Å². The molecule has 1 aromatic carbocycles. The minimum Gasteiger partial charge on any atom is -0.487 e. The van der Waals surface area contributed by atoms with Gasteiger partial charge >= 0.3 is 0 Å². The van der Waals surface area contributed by atoms with Crippen LogP contribution >= 0.6 is 11.6 Å². The second kappa shape index (κ2) is 19.8. The molecule has 0 aromatic heterocycles. The van der Waals surface area contributed by atoms with E-state index in [2.05, 4.69) is 0 Å². The van der Waals surface area contributed by atoms with Gasteiger partial charge in [-0.25, -0.2) is 0 Å². The highest BCUT2D eigenvalue weighted by atomic mass is 35.5. The molecule has 0 atom stereocenters. The van der Waals surface area contributed by atoms with E-state index in [1.807, 2.05) is 0 Å². The fraction of sp³-hybridized carbons (Fsp3) is 0.682. The summed E-state index contributed by atoms with van der Waals surface area (Å²) in [7, 11) is 4.79. The minimum atomic E-state index is -0.680. The van der Waals surface area contributed by atoms with Gasteiger partial charge in [0.2, 0.25) is 5.75 Å². The summed E-state index contributed by atoms with van der Waals surface area (Å²) in [5.74, 6) is 0.824. The molecular formula is C22H35ClO10. The van der Waals surface area contributed by atoms with E-state index in [1.165, 1.54) is 6.07 Å². The zero-order valence-corrected chi connectivity index (χ0v) is 20.4. The SMILES string of the molecule is COCCOCCOc1ccc(C(=O)Cl)c(OCCOCCOC)c1OCCOCCOC. The fourth-order valence-corrected chi connectivity index (χ4v) is 2.59. The summed E-state index contributed by atoms with van der Waals surface area (Å²) >= 11 is 5.77. The lowest BCUT2D eigenvalue weighted by Crippen LogP contribution is -2.15. The summed E-state index contributed by atoms with van der Waals surface area (Å²) in [4.78, 5) is 12.0. The number of carbonyl (C=O) groups excluding carboxylic acids is 1. The van der Waals surface area contributed by atoms with Crippen LogP contribution in [0.5, 0.6) is 17.2 Å².